The van der Waals surface area contributed by atoms with Gasteiger partial charge in [0.1, 0.15) is 33.9 Å². The van der Waals surface area contributed by atoms with Gasteiger partial charge in [-0.25, -0.2) is 29.8 Å². The normalized spacial score (nSPS) is 17.6. The topological polar surface area (TPSA) is 238 Å². The van der Waals surface area contributed by atoms with Gasteiger partial charge in [0.25, 0.3) is 0 Å². The minimum Gasteiger partial charge on any atom is -0.748 e. The summed E-state index contributed by atoms with van der Waals surface area (Å²) >= 11 is 0. The second kappa shape index (κ2) is 25.4. The van der Waals surface area contributed by atoms with Crippen molar-refractivity contribution < 1.29 is 150 Å². The average molecular weight is 1010 g/mol. The third kappa shape index (κ3) is 16.1. The number of hydrogen-bond donors (Lipinski definition) is 0. The van der Waals surface area contributed by atoms with Gasteiger partial charge in [0, 0.05) is 52.8 Å². The van der Waals surface area contributed by atoms with Crippen LogP contribution in [0.4, 0.5) is 11.4 Å². The zero-order valence-corrected chi connectivity index (χ0v) is 47.5. The van der Waals surface area contributed by atoms with E-state index in [0.29, 0.717) is 55.1 Å². The van der Waals surface area contributed by atoms with Crippen molar-refractivity contribution in [3.05, 3.63) is 131 Å². The average Bonchev–Trinajstić information content (AvgIpc) is 3.53. The van der Waals surface area contributed by atoms with Crippen LogP contribution < -0.4 is 98.3 Å². The van der Waals surface area contributed by atoms with Crippen molar-refractivity contribution >= 4 is 58.0 Å². The van der Waals surface area contributed by atoms with Crippen molar-refractivity contribution in [1.82, 2.24) is 0 Å². The number of fused-ring (bicyclic) bond motifs is 2. The number of ether oxygens (including phenoxy) is 1. The summed E-state index contributed by atoms with van der Waals surface area (Å²) in [6.07, 6.45) is 11.6. The molecule has 0 radical (unpaired) electrons. The summed E-state index contributed by atoms with van der Waals surface area (Å²) in [4.78, 5) is 1.65. The van der Waals surface area contributed by atoms with Crippen LogP contribution in [0.5, 0.6) is 5.75 Å². The number of anilines is 1. The first kappa shape index (κ1) is 60.4. The molecule has 0 bridgehead atoms. The van der Waals surface area contributed by atoms with Gasteiger partial charge in [-0.1, -0.05) is 57.5 Å². The molecule has 0 N–H and O–H groups in total. The van der Waals surface area contributed by atoms with E-state index in [9.17, 15) is 38.9 Å². The smallest absolute Gasteiger partial charge is 0.748 e. The van der Waals surface area contributed by atoms with Crippen molar-refractivity contribution in [2.24, 2.45) is 0 Å². The van der Waals surface area contributed by atoms with Gasteiger partial charge in [0.05, 0.1) is 25.1 Å². The summed E-state index contributed by atoms with van der Waals surface area (Å²) in [5, 5.41) is 0. The van der Waals surface area contributed by atoms with Gasteiger partial charge in [-0.2, -0.15) is 18.2 Å². The van der Waals surface area contributed by atoms with Crippen LogP contribution >= 0.6 is 0 Å². The van der Waals surface area contributed by atoms with E-state index in [2.05, 4.69) is 36.6 Å². The van der Waals surface area contributed by atoms with Gasteiger partial charge >= 0.3 is 99.3 Å². The molecule has 0 saturated carbocycles. The number of rotatable bonds is 16. The second-order valence-corrected chi connectivity index (χ2v) is 21.2. The largest absolute Gasteiger partial charge is 1.00 e. The van der Waals surface area contributed by atoms with E-state index in [4.69, 9.17) is 17.4 Å². The molecule has 3 aromatic rings. The fraction of sp³-hybridized carbons (Fsp3) is 0.386. The summed E-state index contributed by atoms with van der Waals surface area (Å²) in [7, 11) is -16.6. The summed E-state index contributed by atoms with van der Waals surface area (Å²) in [6, 6.07) is 22.8. The molecule has 3 aliphatic rings. The SMILES string of the molecule is CC1(C)C(/C=C/C2=C(Oc3ccccc3)C(=C/C=C3/N(CCCCS(=O)(=O)[O-])c4ccc(S(=O)(=O)[O-])cc4C3(C)C)/CCC2)=[N+](CCCCS(=O)(=O)[O-])c2cc[c-]cc21.O=S(=O)=O.[Na+].[Na+].[Na+]. The molecule has 6 rings (SSSR count). The van der Waals surface area contributed by atoms with Crippen molar-refractivity contribution in [1.29, 1.82) is 0 Å². The number of allylic oxidation sites excluding steroid dienone is 7. The predicted molar refractivity (Wildman–Crippen MR) is 233 cm³/mol. The van der Waals surface area contributed by atoms with Crippen LogP contribution in [0.2, 0.25) is 0 Å². The quantitative estimate of drug-likeness (QED) is 0.0461. The number of nitrogens with zero attached hydrogens (tertiary/aromatic N) is 2. The summed E-state index contributed by atoms with van der Waals surface area (Å²) in [5.74, 6) is 0.416. The van der Waals surface area contributed by atoms with E-state index >= 15 is 0 Å². The van der Waals surface area contributed by atoms with E-state index in [1.807, 2.05) is 79.4 Å². The molecule has 340 valence electrons. The zero-order valence-electron chi connectivity index (χ0n) is 38.3. The van der Waals surface area contributed by atoms with E-state index in [1.165, 1.54) is 12.1 Å². The number of hydrogen-bond acceptors (Lipinski definition) is 14. The maximum absolute atomic E-state index is 12.1. The fourth-order valence-corrected chi connectivity index (χ4v) is 9.88. The molecule has 22 heteroatoms. The summed E-state index contributed by atoms with van der Waals surface area (Å²) in [6.45, 7) is 9.01. The Kier molecular flexibility index (Phi) is 23.2. The van der Waals surface area contributed by atoms with Crippen LogP contribution in [0.1, 0.15) is 83.8 Å². The van der Waals surface area contributed by atoms with Gasteiger partial charge in [-0.3, -0.25) is 0 Å². The summed E-state index contributed by atoms with van der Waals surface area (Å²) in [5.41, 5.74) is 5.91. The van der Waals surface area contributed by atoms with Crippen molar-refractivity contribution in [2.45, 2.75) is 88.4 Å². The van der Waals surface area contributed by atoms with Crippen LogP contribution in [-0.4, -0.2) is 86.4 Å². The van der Waals surface area contributed by atoms with E-state index in [-0.39, 0.29) is 106 Å². The fourth-order valence-electron chi connectivity index (χ4n) is 8.27. The molecule has 15 nitrogen and oxygen atoms in total. The van der Waals surface area contributed by atoms with Crippen LogP contribution in [0.3, 0.4) is 0 Å². The molecule has 0 amide bonds. The van der Waals surface area contributed by atoms with Crippen LogP contribution in [0, 0.1) is 6.07 Å². The second-order valence-electron chi connectivity index (χ2n) is 16.4. The minimum atomic E-state index is -4.74. The molecule has 2 heterocycles. The monoisotopic (exact) mass is 1010 g/mol. The van der Waals surface area contributed by atoms with Crippen molar-refractivity contribution in [2.75, 3.05) is 29.5 Å². The van der Waals surface area contributed by atoms with Gasteiger partial charge in [0.15, 0.2) is 5.71 Å². The van der Waals surface area contributed by atoms with E-state index in [1.54, 1.807) is 6.07 Å². The van der Waals surface area contributed by atoms with Gasteiger partial charge in [-0.05, 0) is 97.7 Å². The standard InChI is InChI=1S/C44H52N2O10S3.3Na.O3S/c1-43(2)36-19-8-9-20-38(36)45(27-10-12-29-57(47,48)49)40(43)25-21-32-15-14-16-33(42(32)56-34-17-6-5-7-18-34)22-26-41-44(3,4)37-31-35(59(53,54)55)23-24-39(37)46(41)28-11-13-30-58(50,51)52;;;;1-4(2)3/h5-7,9,17-26,31H,10-16,27-30H2,1-4H3,(H,47,48,49)(H,50,51,52)(H,53,54,55);;;;/q;3*+1;/p-3. The molecule has 0 atom stereocenters. The Morgan fingerprint density at radius 2 is 1.39 bits per heavy atom. The zero-order chi connectivity index (χ0) is 46.4. The Hall–Kier alpha value is -1.76. The maximum atomic E-state index is 12.1. The van der Waals surface area contributed by atoms with Crippen molar-refractivity contribution in [3.63, 3.8) is 0 Å². The third-order valence-corrected chi connectivity index (χ3v) is 13.7. The molecular weight excluding hydrogens is 962 g/mol. The Bertz CT molecular complexity index is 2840. The van der Waals surface area contributed by atoms with Gasteiger partial charge < -0.3 is 23.3 Å². The Morgan fingerprint density at radius 1 is 0.773 bits per heavy atom. The Morgan fingerprint density at radius 3 is 2.00 bits per heavy atom. The number of benzene rings is 3. The first-order valence-electron chi connectivity index (χ1n) is 20.1. The first-order chi connectivity index (χ1) is 29.4. The first-order valence-corrected chi connectivity index (χ1v) is 25.7. The molecule has 0 saturated heterocycles. The molecule has 0 aromatic heterocycles. The molecule has 0 spiro atoms. The number of para-hydroxylation sites is 1. The number of unbranched alkanes of at least 4 members (excludes halogenated alkanes) is 2. The van der Waals surface area contributed by atoms with Crippen molar-refractivity contribution in [3.8, 4) is 5.75 Å². The molecule has 2 aliphatic heterocycles. The molecular formula is C44H49N2Na3O13S4. The van der Waals surface area contributed by atoms with Crippen LogP contribution in [0.15, 0.2) is 119 Å². The molecule has 0 unspecified atom stereocenters. The van der Waals surface area contributed by atoms with Gasteiger partial charge in [0.2, 0.25) is 0 Å². The summed E-state index contributed by atoms with van der Waals surface area (Å²) < 4.78 is 138. The van der Waals surface area contributed by atoms with E-state index < -0.39 is 63.3 Å². The predicted octanol–water partition coefficient (Wildman–Crippen LogP) is -2.89. The maximum Gasteiger partial charge on any atom is 1.00 e. The van der Waals surface area contributed by atoms with E-state index in [0.717, 1.165) is 46.6 Å². The molecule has 3 aromatic carbocycles. The third-order valence-electron chi connectivity index (χ3n) is 11.3. The van der Waals surface area contributed by atoms with Gasteiger partial charge in [-0.15, -0.1) is 18.7 Å². The Balaban J connectivity index is 0.00000205. The van der Waals surface area contributed by atoms with Crippen LogP contribution in [0.25, 0.3) is 0 Å². The van der Waals surface area contributed by atoms with Crippen LogP contribution in [-0.2, 0) is 51.8 Å². The molecule has 1 aliphatic carbocycles. The molecule has 66 heavy (non-hydrogen) atoms. The molecule has 0 fully saturated rings. The Labute approximate surface area is 456 Å². The minimum absolute atomic E-state index is 0.